The first kappa shape index (κ1) is 26.1. The molecule has 182 valence electrons. The second-order valence-electron chi connectivity index (χ2n) is 8.78. The lowest BCUT2D eigenvalue weighted by molar-refractivity contribution is -0.112. The summed E-state index contributed by atoms with van der Waals surface area (Å²) in [6, 6.07) is 18.6. The predicted molar refractivity (Wildman–Crippen MR) is 138 cm³/mol. The number of allylic oxidation sites excluding steroid dienone is 2. The maximum absolute atomic E-state index is 13.3. The number of hydrogen-bond donors (Lipinski definition) is 1. The van der Waals surface area contributed by atoms with Crippen LogP contribution in [0.15, 0.2) is 88.2 Å². The topological polar surface area (TPSA) is 63.6 Å². The minimum Gasteiger partial charge on any atom is -0.494 e. The second kappa shape index (κ2) is 13.4. The van der Waals surface area contributed by atoms with Crippen LogP contribution in [0, 0.1) is 0 Å². The molecule has 2 aromatic rings. The van der Waals surface area contributed by atoms with Crippen molar-refractivity contribution >= 4 is 16.6 Å². The highest BCUT2D eigenvalue weighted by Crippen LogP contribution is 2.38. The third-order valence-electron chi connectivity index (χ3n) is 6.08. The zero-order chi connectivity index (χ0) is 24.2. The second-order valence-corrected chi connectivity index (χ2v) is 10.2. The molecule has 2 atom stereocenters. The lowest BCUT2D eigenvalue weighted by atomic mass is 9.90. The number of Topliss-reactive ketones (excluding diaryl/α,β-unsaturated/α-hetero) is 1. The molecule has 3 rings (SSSR count). The van der Waals surface area contributed by atoms with Crippen LogP contribution in [0.5, 0.6) is 5.75 Å². The van der Waals surface area contributed by atoms with Gasteiger partial charge < -0.3 is 9.84 Å². The van der Waals surface area contributed by atoms with Gasteiger partial charge in [0.25, 0.3) is 0 Å². The lowest BCUT2D eigenvalue weighted by Crippen LogP contribution is -2.28. The number of carbonyl (C=O) groups is 1. The Labute approximate surface area is 206 Å². The number of hydrogen-bond acceptors (Lipinski definition) is 4. The normalized spacial score (nSPS) is 19.9. The maximum atomic E-state index is 13.3. The summed E-state index contributed by atoms with van der Waals surface area (Å²) in [6.07, 6.45) is 11.7. The molecule has 2 unspecified atom stereocenters. The number of unbranched alkanes of at least 4 members (excludes halogenated alkanes) is 6. The zero-order valence-electron chi connectivity index (χ0n) is 20.1. The molecule has 0 aromatic heterocycles. The number of aliphatic hydroxyl groups is 1. The first-order valence-corrected chi connectivity index (χ1v) is 13.6. The molecule has 1 aliphatic carbocycles. The molecule has 1 N–H and O–H groups in total. The van der Waals surface area contributed by atoms with Gasteiger partial charge in [0, 0.05) is 10.5 Å². The smallest absolute Gasteiger partial charge is 0.200 e. The van der Waals surface area contributed by atoms with Gasteiger partial charge in [-0.3, -0.25) is 4.79 Å². The van der Waals surface area contributed by atoms with Crippen molar-refractivity contribution in [3.8, 4) is 5.75 Å². The van der Waals surface area contributed by atoms with Crippen LogP contribution in [0.25, 0.3) is 0 Å². The van der Waals surface area contributed by atoms with Crippen molar-refractivity contribution in [3.05, 3.63) is 83.3 Å². The molecule has 4 nitrogen and oxygen atoms in total. The van der Waals surface area contributed by atoms with Gasteiger partial charge in [-0.05, 0) is 62.4 Å². The van der Waals surface area contributed by atoms with Gasteiger partial charge in [0.1, 0.15) is 11.4 Å². The Bertz CT molecular complexity index is 997. The summed E-state index contributed by atoms with van der Waals surface area (Å²) in [7, 11) is -1.62. The van der Waals surface area contributed by atoms with E-state index in [-0.39, 0.29) is 10.7 Å². The summed E-state index contributed by atoms with van der Waals surface area (Å²) in [5.41, 5.74) is -1.00. The highest BCUT2D eigenvalue weighted by Gasteiger charge is 2.43. The molecule has 0 spiro atoms. The quantitative estimate of drug-likeness (QED) is 0.247. The van der Waals surface area contributed by atoms with Gasteiger partial charge in [0.2, 0.25) is 5.78 Å². The summed E-state index contributed by atoms with van der Waals surface area (Å²) in [6.45, 7) is 2.72. The molecule has 0 radical (unpaired) electrons. The van der Waals surface area contributed by atoms with E-state index in [0.717, 1.165) is 31.4 Å². The lowest BCUT2D eigenvalue weighted by Gasteiger charge is -2.22. The van der Waals surface area contributed by atoms with Crippen LogP contribution in [0.1, 0.15) is 64.7 Å². The van der Waals surface area contributed by atoms with E-state index in [2.05, 4.69) is 6.92 Å². The fraction of sp³-hybridized carbons (Fsp3) is 0.414. The zero-order valence-corrected chi connectivity index (χ0v) is 20.9. The average molecular weight is 481 g/mol. The van der Waals surface area contributed by atoms with E-state index in [1.54, 1.807) is 30.3 Å². The summed E-state index contributed by atoms with van der Waals surface area (Å²) in [5.74, 6) is 0.528. The molecule has 0 bridgehead atoms. The van der Waals surface area contributed by atoms with Crippen LogP contribution >= 0.6 is 0 Å². The summed E-state index contributed by atoms with van der Waals surface area (Å²) < 4.78 is 18.9. The number of ketones is 1. The van der Waals surface area contributed by atoms with Crippen LogP contribution < -0.4 is 4.74 Å². The fourth-order valence-electron chi connectivity index (χ4n) is 4.17. The van der Waals surface area contributed by atoms with E-state index >= 15 is 0 Å². The summed E-state index contributed by atoms with van der Waals surface area (Å²) in [4.78, 5) is 14.0. The fourth-order valence-corrected chi connectivity index (χ4v) is 5.41. The third-order valence-corrected chi connectivity index (χ3v) is 7.49. The van der Waals surface area contributed by atoms with E-state index in [4.69, 9.17) is 4.74 Å². The van der Waals surface area contributed by atoms with Crippen molar-refractivity contribution in [1.29, 1.82) is 0 Å². The van der Waals surface area contributed by atoms with Gasteiger partial charge in [-0.25, -0.2) is 4.21 Å². The van der Waals surface area contributed by atoms with Gasteiger partial charge in [-0.1, -0.05) is 75.1 Å². The molecule has 34 heavy (non-hydrogen) atoms. The number of ether oxygens (including phenoxy) is 1. The van der Waals surface area contributed by atoms with Gasteiger partial charge >= 0.3 is 0 Å². The van der Waals surface area contributed by atoms with Crippen LogP contribution in [0.3, 0.4) is 0 Å². The van der Waals surface area contributed by atoms with Crippen molar-refractivity contribution in [2.75, 3.05) is 6.61 Å². The average Bonchev–Trinajstić information content (AvgIpc) is 3.11. The standard InChI is InChI=1S/C29H36O4S/c1-2-3-4-5-6-13-20-26-28(30)27(34(32)25-18-11-8-12-19-25)23-29(26,31)21-14-15-22-33-24-16-9-7-10-17-24/h7-12,16-20,23,31H,2-6,13-15,21-22H2,1H3. The molecule has 0 fully saturated rings. The minimum absolute atomic E-state index is 0.187. The number of para-hydroxylation sites is 1. The maximum Gasteiger partial charge on any atom is 0.200 e. The first-order valence-electron chi connectivity index (χ1n) is 12.4. The Morgan fingerprint density at radius 1 is 0.912 bits per heavy atom. The number of benzene rings is 2. The van der Waals surface area contributed by atoms with Crippen LogP contribution in [-0.2, 0) is 15.6 Å². The molecule has 5 heteroatoms. The SMILES string of the molecule is CCCCCCCC=C1C(=O)C(S(=O)c2ccccc2)=CC1(O)CCCCOc1ccccc1. The molecule has 0 amide bonds. The molecule has 0 saturated heterocycles. The van der Waals surface area contributed by atoms with Crippen LogP contribution in [-0.4, -0.2) is 27.3 Å². The molecule has 0 heterocycles. The minimum atomic E-state index is -1.62. The first-order chi connectivity index (χ1) is 16.5. The summed E-state index contributed by atoms with van der Waals surface area (Å²) in [5, 5.41) is 11.5. The van der Waals surface area contributed by atoms with Gasteiger partial charge in [-0.15, -0.1) is 0 Å². The van der Waals surface area contributed by atoms with E-state index in [1.165, 1.54) is 19.3 Å². The molecular weight excluding hydrogens is 444 g/mol. The van der Waals surface area contributed by atoms with E-state index in [9.17, 15) is 14.1 Å². The van der Waals surface area contributed by atoms with Crippen molar-refractivity contribution in [2.45, 2.75) is 75.2 Å². The molecule has 0 aliphatic heterocycles. The van der Waals surface area contributed by atoms with Crippen LogP contribution in [0.2, 0.25) is 0 Å². The van der Waals surface area contributed by atoms with E-state index in [0.29, 0.717) is 29.9 Å². The van der Waals surface area contributed by atoms with Crippen molar-refractivity contribution < 1.29 is 18.8 Å². The number of carbonyl (C=O) groups excluding carboxylic acids is 1. The van der Waals surface area contributed by atoms with E-state index in [1.807, 2.05) is 42.5 Å². The van der Waals surface area contributed by atoms with Crippen molar-refractivity contribution in [3.63, 3.8) is 0 Å². The van der Waals surface area contributed by atoms with Crippen LogP contribution in [0.4, 0.5) is 0 Å². The van der Waals surface area contributed by atoms with Gasteiger partial charge in [-0.2, -0.15) is 0 Å². The Balaban J connectivity index is 1.66. The van der Waals surface area contributed by atoms with Crippen molar-refractivity contribution in [1.82, 2.24) is 0 Å². The Kier molecular flexibility index (Phi) is 10.3. The third kappa shape index (κ3) is 7.25. The monoisotopic (exact) mass is 480 g/mol. The highest BCUT2D eigenvalue weighted by molar-refractivity contribution is 7.90. The Hall–Kier alpha value is -2.50. The summed E-state index contributed by atoms with van der Waals surface area (Å²) >= 11 is 0. The largest absolute Gasteiger partial charge is 0.494 e. The Morgan fingerprint density at radius 3 is 2.29 bits per heavy atom. The Morgan fingerprint density at radius 2 is 1.59 bits per heavy atom. The number of rotatable bonds is 14. The highest BCUT2D eigenvalue weighted by atomic mass is 32.2. The molecular formula is C29H36O4S. The molecule has 2 aromatic carbocycles. The van der Waals surface area contributed by atoms with Gasteiger partial charge in [0.15, 0.2) is 0 Å². The molecule has 1 aliphatic rings. The molecule has 0 saturated carbocycles. The predicted octanol–water partition coefficient (Wildman–Crippen LogP) is 6.53. The van der Waals surface area contributed by atoms with E-state index < -0.39 is 16.4 Å². The van der Waals surface area contributed by atoms with Gasteiger partial charge in [0.05, 0.1) is 22.3 Å². The van der Waals surface area contributed by atoms with Crippen molar-refractivity contribution in [2.24, 2.45) is 0 Å².